The molecule has 20 heavy (non-hydrogen) atoms. The van der Waals surface area contributed by atoms with E-state index in [9.17, 15) is 4.79 Å². The van der Waals surface area contributed by atoms with Gasteiger partial charge in [0.1, 0.15) is 5.75 Å². The Labute approximate surface area is 118 Å². The number of hydrogen-bond acceptors (Lipinski definition) is 3. The number of nitrogens with one attached hydrogen (secondary N) is 1. The monoisotopic (exact) mass is 270 g/mol. The van der Waals surface area contributed by atoms with Crippen molar-refractivity contribution in [3.63, 3.8) is 0 Å². The summed E-state index contributed by atoms with van der Waals surface area (Å²) < 4.78 is 5.63. The molecule has 0 spiro atoms. The molecule has 104 valence electrons. The fraction of sp³-hybridized carbons (Fsp3) is 0.188. The summed E-state index contributed by atoms with van der Waals surface area (Å²) in [5.74, 6) is 5.52. The van der Waals surface area contributed by atoms with Gasteiger partial charge in [-0.3, -0.25) is 10.2 Å². The lowest BCUT2D eigenvalue weighted by Gasteiger charge is -2.07. The number of hydrazine groups is 1. The van der Waals surface area contributed by atoms with E-state index >= 15 is 0 Å². The summed E-state index contributed by atoms with van der Waals surface area (Å²) in [6, 6.07) is 17.2. The average Bonchev–Trinajstić information content (AvgIpc) is 2.52. The summed E-state index contributed by atoms with van der Waals surface area (Å²) in [7, 11) is 0. The summed E-state index contributed by atoms with van der Waals surface area (Å²) in [5.41, 5.74) is 3.92. The number of nitrogens with two attached hydrogens (primary N) is 1. The molecule has 4 heteroatoms. The fourth-order valence-electron chi connectivity index (χ4n) is 1.90. The second-order valence-electron chi connectivity index (χ2n) is 4.44. The molecule has 2 aromatic rings. The highest BCUT2D eigenvalue weighted by Gasteiger charge is 2.02. The number of ether oxygens (including phenoxy) is 1. The van der Waals surface area contributed by atoms with Crippen molar-refractivity contribution in [1.29, 1.82) is 0 Å². The standard InChI is InChI=1S/C16H18N2O2/c17-18-16(19)14-8-10-15(11-9-14)20-12-4-7-13-5-2-1-3-6-13/h1-3,5-6,8-11H,4,7,12,17H2,(H,18,19). The van der Waals surface area contributed by atoms with Crippen LogP contribution in [-0.4, -0.2) is 12.5 Å². The predicted molar refractivity (Wildman–Crippen MR) is 78.4 cm³/mol. The number of rotatable bonds is 6. The zero-order valence-electron chi connectivity index (χ0n) is 11.2. The Morgan fingerprint density at radius 1 is 1.05 bits per heavy atom. The Balaban J connectivity index is 1.75. The molecular formula is C16H18N2O2. The third-order valence-electron chi connectivity index (χ3n) is 2.97. The molecular weight excluding hydrogens is 252 g/mol. The smallest absolute Gasteiger partial charge is 0.265 e. The summed E-state index contributed by atoms with van der Waals surface area (Å²) in [6.45, 7) is 0.650. The number of carbonyl (C=O) groups is 1. The number of hydrogen-bond donors (Lipinski definition) is 2. The van der Waals surface area contributed by atoms with Crippen molar-refractivity contribution in [3.8, 4) is 5.75 Å². The Bertz CT molecular complexity index is 538. The molecule has 3 N–H and O–H groups in total. The average molecular weight is 270 g/mol. The molecule has 1 amide bonds. The van der Waals surface area contributed by atoms with Crippen LogP contribution < -0.4 is 16.0 Å². The highest BCUT2D eigenvalue weighted by Crippen LogP contribution is 2.13. The molecule has 0 atom stereocenters. The second-order valence-corrected chi connectivity index (χ2v) is 4.44. The van der Waals surface area contributed by atoms with Crippen LogP contribution in [-0.2, 0) is 6.42 Å². The molecule has 0 bridgehead atoms. The van der Waals surface area contributed by atoms with Crippen LogP contribution in [0, 0.1) is 0 Å². The lowest BCUT2D eigenvalue weighted by molar-refractivity contribution is 0.0953. The molecule has 0 aliphatic carbocycles. The Hall–Kier alpha value is -2.33. The van der Waals surface area contributed by atoms with Crippen LogP contribution in [0.15, 0.2) is 54.6 Å². The van der Waals surface area contributed by atoms with Crippen LogP contribution >= 0.6 is 0 Å². The summed E-state index contributed by atoms with van der Waals surface area (Å²) in [5, 5.41) is 0. The van der Waals surface area contributed by atoms with Crippen molar-refractivity contribution in [2.75, 3.05) is 6.61 Å². The number of aryl methyl sites for hydroxylation is 1. The van der Waals surface area contributed by atoms with Gasteiger partial charge in [-0.15, -0.1) is 0 Å². The first-order valence-corrected chi connectivity index (χ1v) is 6.57. The van der Waals surface area contributed by atoms with Gasteiger partial charge in [0.25, 0.3) is 5.91 Å². The highest BCUT2D eigenvalue weighted by molar-refractivity contribution is 5.93. The van der Waals surface area contributed by atoms with Gasteiger partial charge in [-0.05, 0) is 42.7 Å². The van der Waals surface area contributed by atoms with Gasteiger partial charge in [-0.2, -0.15) is 0 Å². The predicted octanol–water partition coefficient (Wildman–Crippen LogP) is 2.30. The van der Waals surface area contributed by atoms with Crippen molar-refractivity contribution in [1.82, 2.24) is 5.43 Å². The van der Waals surface area contributed by atoms with Crippen molar-refractivity contribution in [2.45, 2.75) is 12.8 Å². The molecule has 0 saturated heterocycles. The van der Waals surface area contributed by atoms with Crippen LogP contribution in [0.2, 0.25) is 0 Å². The van der Waals surface area contributed by atoms with Gasteiger partial charge >= 0.3 is 0 Å². The van der Waals surface area contributed by atoms with E-state index in [4.69, 9.17) is 10.6 Å². The molecule has 0 aliphatic heterocycles. The first kappa shape index (κ1) is 14.1. The van der Waals surface area contributed by atoms with E-state index in [1.807, 2.05) is 18.2 Å². The lowest BCUT2D eigenvalue weighted by Crippen LogP contribution is -2.29. The van der Waals surface area contributed by atoms with Crippen LogP contribution in [0.3, 0.4) is 0 Å². The van der Waals surface area contributed by atoms with Crippen molar-refractivity contribution in [3.05, 3.63) is 65.7 Å². The normalized spacial score (nSPS) is 10.1. The minimum absolute atomic E-state index is 0.305. The Morgan fingerprint density at radius 2 is 1.75 bits per heavy atom. The van der Waals surface area contributed by atoms with Crippen molar-refractivity contribution in [2.24, 2.45) is 5.84 Å². The zero-order valence-corrected chi connectivity index (χ0v) is 11.2. The van der Waals surface area contributed by atoms with E-state index in [-0.39, 0.29) is 5.91 Å². The van der Waals surface area contributed by atoms with E-state index < -0.39 is 0 Å². The van der Waals surface area contributed by atoms with E-state index in [2.05, 4.69) is 17.6 Å². The van der Waals surface area contributed by atoms with Crippen LogP contribution in [0.4, 0.5) is 0 Å². The van der Waals surface area contributed by atoms with Gasteiger partial charge in [0.15, 0.2) is 0 Å². The van der Waals surface area contributed by atoms with Gasteiger partial charge in [-0.25, -0.2) is 5.84 Å². The SMILES string of the molecule is NNC(=O)c1ccc(OCCCc2ccccc2)cc1. The fourth-order valence-corrected chi connectivity index (χ4v) is 1.90. The number of amides is 1. The molecule has 0 aromatic heterocycles. The van der Waals surface area contributed by atoms with Gasteiger partial charge in [-0.1, -0.05) is 30.3 Å². The number of carbonyl (C=O) groups excluding carboxylic acids is 1. The minimum Gasteiger partial charge on any atom is -0.494 e. The minimum atomic E-state index is -0.305. The molecule has 0 heterocycles. The molecule has 2 rings (SSSR count). The van der Waals surface area contributed by atoms with E-state index in [1.54, 1.807) is 24.3 Å². The highest BCUT2D eigenvalue weighted by atomic mass is 16.5. The van der Waals surface area contributed by atoms with Crippen LogP contribution in [0.5, 0.6) is 5.75 Å². The number of benzene rings is 2. The largest absolute Gasteiger partial charge is 0.494 e. The van der Waals surface area contributed by atoms with Crippen molar-refractivity contribution < 1.29 is 9.53 Å². The first-order valence-electron chi connectivity index (χ1n) is 6.57. The Kier molecular flexibility index (Phi) is 5.15. The van der Waals surface area contributed by atoms with Gasteiger partial charge in [0.2, 0.25) is 0 Å². The zero-order chi connectivity index (χ0) is 14.2. The topological polar surface area (TPSA) is 64.3 Å². The summed E-state index contributed by atoms with van der Waals surface area (Å²) >= 11 is 0. The van der Waals surface area contributed by atoms with Gasteiger partial charge in [0.05, 0.1) is 6.61 Å². The van der Waals surface area contributed by atoms with E-state index in [0.717, 1.165) is 18.6 Å². The molecule has 0 radical (unpaired) electrons. The summed E-state index contributed by atoms with van der Waals surface area (Å²) in [6.07, 6.45) is 1.95. The van der Waals surface area contributed by atoms with Crippen molar-refractivity contribution >= 4 is 5.91 Å². The van der Waals surface area contributed by atoms with Gasteiger partial charge < -0.3 is 4.74 Å². The quantitative estimate of drug-likeness (QED) is 0.366. The molecule has 2 aromatic carbocycles. The number of nitrogen functional groups attached to an aromatic ring is 1. The molecule has 4 nitrogen and oxygen atoms in total. The van der Waals surface area contributed by atoms with Crippen LogP contribution in [0.25, 0.3) is 0 Å². The van der Waals surface area contributed by atoms with E-state index in [1.165, 1.54) is 5.56 Å². The maximum absolute atomic E-state index is 11.3. The summed E-state index contributed by atoms with van der Waals surface area (Å²) in [4.78, 5) is 11.3. The maximum atomic E-state index is 11.3. The molecule has 0 unspecified atom stereocenters. The second kappa shape index (κ2) is 7.31. The third kappa shape index (κ3) is 4.10. The van der Waals surface area contributed by atoms with Crippen LogP contribution in [0.1, 0.15) is 22.3 Å². The molecule has 0 saturated carbocycles. The lowest BCUT2D eigenvalue weighted by atomic mass is 10.1. The third-order valence-corrected chi connectivity index (χ3v) is 2.97. The Morgan fingerprint density at radius 3 is 2.40 bits per heavy atom. The van der Waals surface area contributed by atoms with E-state index in [0.29, 0.717) is 12.2 Å². The molecule has 0 fully saturated rings. The van der Waals surface area contributed by atoms with Gasteiger partial charge in [0, 0.05) is 5.56 Å². The first-order chi connectivity index (χ1) is 9.79. The molecule has 0 aliphatic rings. The maximum Gasteiger partial charge on any atom is 0.265 e.